The molecule has 2 aliphatic heterocycles. The molecule has 3 amide bonds. The van der Waals surface area contributed by atoms with Gasteiger partial charge >= 0.3 is 0 Å². The highest BCUT2D eigenvalue weighted by Gasteiger charge is 2.35. The number of halogens is 1. The smallest absolute Gasteiger partial charge is 0.243 e. The summed E-state index contributed by atoms with van der Waals surface area (Å²) in [6.07, 6.45) is 2.19. The van der Waals surface area contributed by atoms with Gasteiger partial charge in [0.2, 0.25) is 17.7 Å². The Bertz CT molecular complexity index is 1660. The van der Waals surface area contributed by atoms with E-state index in [-0.39, 0.29) is 36.4 Å². The maximum absolute atomic E-state index is 14.4. The highest BCUT2D eigenvalue weighted by atomic mass is 19.1. The van der Waals surface area contributed by atoms with Gasteiger partial charge in [-0.1, -0.05) is 42.5 Å². The van der Waals surface area contributed by atoms with Gasteiger partial charge in [-0.15, -0.1) is 0 Å². The molecule has 6 rings (SSSR count). The zero-order valence-corrected chi connectivity index (χ0v) is 24.5. The van der Waals surface area contributed by atoms with E-state index in [1.54, 1.807) is 20.5 Å². The molecule has 2 atom stereocenters. The van der Waals surface area contributed by atoms with E-state index in [2.05, 4.69) is 10.3 Å². The van der Waals surface area contributed by atoms with Crippen molar-refractivity contribution in [1.82, 2.24) is 34.9 Å². The minimum atomic E-state index is -0.522. The zero-order valence-electron chi connectivity index (χ0n) is 24.5. The minimum Gasteiger partial charge on any atom is -0.356 e. The first kappa shape index (κ1) is 28.6. The van der Waals surface area contributed by atoms with Crippen molar-refractivity contribution >= 4 is 28.6 Å². The van der Waals surface area contributed by atoms with Crippen LogP contribution in [0.25, 0.3) is 22.3 Å². The maximum Gasteiger partial charge on any atom is 0.243 e. The number of carbonyl (C=O) groups excluding carboxylic acids is 3. The van der Waals surface area contributed by atoms with Gasteiger partial charge in [0, 0.05) is 42.7 Å². The number of para-hydroxylation sites is 1. The maximum atomic E-state index is 14.4. The first-order valence-corrected chi connectivity index (χ1v) is 14.9. The van der Waals surface area contributed by atoms with Crippen LogP contribution < -0.4 is 5.32 Å². The molecule has 0 saturated carbocycles. The molecular weight excluding hydrogens is 549 g/mol. The number of carbonyl (C=O) groups is 3. The fourth-order valence-electron chi connectivity index (χ4n) is 6.26. The van der Waals surface area contributed by atoms with Gasteiger partial charge < -0.3 is 20.1 Å². The summed E-state index contributed by atoms with van der Waals surface area (Å²) in [7, 11) is 0. The Morgan fingerprint density at radius 1 is 1.02 bits per heavy atom. The second-order valence-corrected chi connectivity index (χ2v) is 11.4. The van der Waals surface area contributed by atoms with Crippen LogP contribution in [0, 0.1) is 12.7 Å². The van der Waals surface area contributed by atoms with Gasteiger partial charge in [-0.25, -0.2) is 14.1 Å². The summed E-state index contributed by atoms with van der Waals surface area (Å²) in [5.74, 6) is 0.382. The van der Waals surface area contributed by atoms with Gasteiger partial charge in [-0.2, -0.15) is 5.10 Å². The normalized spacial score (nSPS) is 20.1. The predicted molar refractivity (Wildman–Crippen MR) is 159 cm³/mol. The number of hydrogen-bond acceptors (Lipinski definition) is 5. The average molecular weight is 586 g/mol. The summed E-state index contributed by atoms with van der Waals surface area (Å²) in [5.41, 5.74) is 2.76. The summed E-state index contributed by atoms with van der Waals surface area (Å²) in [6.45, 7) is 5.31. The molecule has 0 radical (unpaired) electrons. The SMILES string of the molecule is Cc1[nH]c2c(F)cccc2c1CC(=O)N1CCCC(=O)N2CCC[C@H]2C(=O)N[C@@H](C)c2nc(-c3ccccc3)nn2CC1. The lowest BCUT2D eigenvalue weighted by atomic mass is 10.1. The molecule has 224 valence electrons. The molecule has 4 heterocycles. The van der Waals surface area contributed by atoms with Crippen LogP contribution in [0.4, 0.5) is 4.39 Å². The third-order valence-corrected chi connectivity index (χ3v) is 8.54. The third-order valence-electron chi connectivity index (χ3n) is 8.54. The first-order valence-electron chi connectivity index (χ1n) is 14.9. The molecular formula is C32H36FN7O3. The fourth-order valence-corrected chi connectivity index (χ4v) is 6.26. The van der Waals surface area contributed by atoms with Crippen LogP contribution in [0.5, 0.6) is 0 Å². The number of rotatable bonds is 3. The van der Waals surface area contributed by atoms with Crippen LogP contribution in [0.3, 0.4) is 0 Å². The molecule has 10 nitrogen and oxygen atoms in total. The van der Waals surface area contributed by atoms with E-state index < -0.39 is 12.1 Å². The van der Waals surface area contributed by atoms with E-state index in [9.17, 15) is 18.8 Å². The van der Waals surface area contributed by atoms with Crippen molar-refractivity contribution in [3.05, 3.63) is 71.4 Å². The highest BCUT2D eigenvalue weighted by molar-refractivity contribution is 5.91. The molecule has 4 aromatic rings. The van der Waals surface area contributed by atoms with Crippen LogP contribution in [0.15, 0.2) is 48.5 Å². The van der Waals surface area contributed by atoms with Crippen LogP contribution >= 0.6 is 0 Å². The van der Waals surface area contributed by atoms with Crippen molar-refractivity contribution in [2.75, 3.05) is 19.6 Å². The molecule has 11 heteroatoms. The van der Waals surface area contributed by atoms with Crippen LogP contribution in [-0.2, 0) is 27.3 Å². The number of aryl methyl sites for hydroxylation is 1. The standard InChI is InChI=1S/C32H36FN7O3/c1-20-24(23-11-6-12-25(33)29(23)34-20)19-28(42)38-15-8-14-27(41)39-16-7-13-26(39)32(43)35-21(2)31-36-30(37-40(31)18-17-38)22-9-4-3-5-10-22/h3-6,9-12,21,26,34H,7-8,13-19H2,1-2H3,(H,35,43)/t21-,26-/m0/s1. The lowest BCUT2D eigenvalue weighted by molar-refractivity contribution is -0.139. The molecule has 1 fully saturated rings. The van der Waals surface area contributed by atoms with Crippen LogP contribution in [0.1, 0.15) is 55.7 Å². The van der Waals surface area contributed by atoms with Gasteiger partial charge in [0.25, 0.3) is 0 Å². The predicted octanol–water partition coefficient (Wildman–Crippen LogP) is 3.91. The number of nitrogens with one attached hydrogen (secondary N) is 2. The first-order chi connectivity index (χ1) is 20.8. The van der Waals surface area contributed by atoms with Gasteiger partial charge in [0.1, 0.15) is 17.7 Å². The van der Waals surface area contributed by atoms with Crippen LogP contribution in [-0.4, -0.2) is 72.9 Å². The molecule has 2 N–H and O–H groups in total. The summed E-state index contributed by atoms with van der Waals surface area (Å²) >= 11 is 0. The Labute approximate surface area is 249 Å². The van der Waals surface area contributed by atoms with Gasteiger partial charge in [0.05, 0.1) is 24.5 Å². The second kappa shape index (κ2) is 12.0. The van der Waals surface area contributed by atoms with Gasteiger partial charge in [-0.05, 0) is 44.7 Å². The van der Waals surface area contributed by atoms with E-state index in [0.717, 1.165) is 23.2 Å². The average Bonchev–Trinajstić information content (AvgIpc) is 3.73. The highest BCUT2D eigenvalue weighted by Crippen LogP contribution is 2.26. The topological polar surface area (TPSA) is 116 Å². The minimum absolute atomic E-state index is 0.0766. The lowest BCUT2D eigenvalue weighted by Crippen LogP contribution is -2.47. The Morgan fingerprint density at radius 2 is 1.84 bits per heavy atom. The summed E-state index contributed by atoms with van der Waals surface area (Å²) in [5, 5.41) is 8.55. The zero-order chi connectivity index (χ0) is 30.1. The lowest BCUT2D eigenvalue weighted by Gasteiger charge is -2.28. The Balaban J connectivity index is 1.32. The van der Waals surface area contributed by atoms with Crippen molar-refractivity contribution in [2.24, 2.45) is 0 Å². The van der Waals surface area contributed by atoms with Crippen molar-refractivity contribution in [3.8, 4) is 11.4 Å². The van der Waals surface area contributed by atoms with E-state index in [1.807, 2.05) is 50.2 Å². The van der Waals surface area contributed by atoms with Crippen LogP contribution in [0.2, 0.25) is 0 Å². The van der Waals surface area contributed by atoms with Crippen molar-refractivity contribution < 1.29 is 18.8 Å². The number of benzene rings is 2. The molecule has 43 heavy (non-hydrogen) atoms. The Hall–Kier alpha value is -4.54. The van der Waals surface area contributed by atoms with Gasteiger partial charge in [0.15, 0.2) is 5.82 Å². The van der Waals surface area contributed by atoms with E-state index in [1.165, 1.54) is 6.07 Å². The summed E-state index contributed by atoms with van der Waals surface area (Å²) in [4.78, 5) is 51.6. The quantitative estimate of drug-likeness (QED) is 0.378. The monoisotopic (exact) mass is 585 g/mol. The summed E-state index contributed by atoms with van der Waals surface area (Å²) in [6, 6.07) is 13.5. The van der Waals surface area contributed by atoms with E-state index >= 15 is 0 Å². The van der Waals surface area contributed by atoms with E-state index in [4.69, 9.17) is 10.1 Å². The molecule has 2 aromatic carbocycles. The molecule has 2 aromatic heterocycles. The number of amides is 3. The van der Waals surface area contributed by atoms with Crippen molar-refractivity contribution in [1.29, 1.82) is 0 Å². The fraction of sp³-hybridized carbons (Fsp3) is 0.406. The van der Waals surface area contributed by atoms with E-state index in [0.29, 0.717) is 61.6 Å². The third kappa shape index (κ3) is 5.76. The largest absolute Gasteiger partial charge is 0.356 e. The Morgan fingerprint density at radius 3 is 2.65 bits per heavy atom. The molecule has 0 spiro atoms. The summed E-state index contributed by atoms with van der Waals surface area (Å²) < 4.78 is 16.2. The number of H-pyrrole nitrogens is 1. The molecule has 0 bridgehead atoms. The van der Waals surface area contributed by atoms with Gasteiger partial charge in [-0.3, -0.25) is 14.4 Å². The molecule has 2 aliphatic rings. The molecule has 1 saturated heterocycles. The Kier molecular flexibility index (Phi) is 7.96. The number of fused-ring (bicyclic) bond motifs is 3. The number of aromatic nitrogens is 4. The second-order valence-electron chi connectivity index (χ2n) is 11.4. The number of nitrogens with zero attached hydrogens (tertiary/aromatic N) is 5. The molecule has 0 aliphatic carbocycles. The number of aromatic amines is 1. The number of hydrogen-bond donors (Lipinski definition) is 2. The van der Waals surface area contributed by atoms with Crippen molar-refractivity contribution in [3.63, 3.8) is 0 Å². The molecule has 0 unspecified atom stereocenters. The van der Waals surface area contributed by atoms with Crippen molar-refractivity contribution in [2.45, 2.75) is 64.6 Å².